The van der Waals surface area contributed by atoms with Crippen LogP contribution in [-0.2, 0) is 0 Å². The summed E-state index contributed by atoms with van der Waals surface area (Å²) in [7, 11) is 5.28. The Morgan fingerprint density at radius 3 is 2.58 bits per heavy atom. The van der Waals surface area contributed by atoms with Crippen LogP contribution in [0.25, 0.3) is 11.1 Å². The van der Waals surface area contributed by atoms with Crippen LogP contribution in [0.5, 0.6) is 0 Å². The van der Waals surface area contributed by atoms with Gasteiger partial charge in [0.15, 0.2) is 5.58 Å². The largest absolute Gasteiger partial charge is 0.423 e. The second kappa shape index (κ2) is 11.6. The molecule has 1 N–H and O–H groups in total. The number of rotatable bonds is 3. The van der Waals surface area contributed by atoms with E-state index < -0.39 is 0 Å². The standard InChI is InChI=1S/C25H34N6O3.C2H6/c1-15-12-18(13-20(26-4)17(15)3)27-23(32)19-8-7-9-21-22(19)28-24(34-21)31-11-10-30(14-16(31)2)25(33)29(5)6;1-2/h7-9,15-16,18H,3,10-14H2,1-2,4-6H3,(H,27,32);1-2H3/t15?,16-,18?;/m0./s1. The van der Waals surface area contributed by atoms with Crippen LogP contribution in [0.4, 0.5) is 10.8 Å². The Bertz CT molecular complexity index is 1140. The molecule has 0 bridgehead atoms. The van der Waals surface area contributed by atoms with Gasteiger partial charge in [-0.15, -0.1) is 0 Å². The SMILES string of the molecule is C=C1C(=NC)CC(NC(=O)c2cccc3oc(N4CCN(C(=O)N(C)C)C[C@@H]4C)nc23)CC1C.CC. The third-order valence-electron chi connectivity index (χ3n) is 6.83. The number of nitrogens with one attached hydrogen (secondary N) is 1. The second-order valence-electron chi connectivity index (χ2n) is 9.52. The first-order chi connectivity index (χ1) is 17.2. The van der Waals surface area contributed by atoms with Gasteiger partial charge in [0.05, 0.1) is 5.56 Å². The van der Waals surface area contributed by atoms with Gasteiger partial charge in [0.1, 0.15) is 5.52 Å². The monoisotopic (exact) mass is 496 g/mol. The molecule has 1 aromatic carbocycles. The summed E-state index contributed by atoms with van der Waals surface area (Å²) in [6.07, 6.45) is 1.51. The topological polar surface area (TPSA) is 94.3 Å². The molecule has 2 unspecified atom stereocenters. The molecule has 36 heavy (non-hydrogen) atoms. The number of urea groups is 1. The molecule has 1 aliphatic heterocycles. The van der Waals surface area contributed by atoms with Crippen molar-refractivity contribution in [2.24, 2.45) is 10.9 Å². The fourth-order valence-corrected chi connectivity index (χ4v) is 4.85. The Morgan fingerprint density at radius 1 is 1.22 bits per heavy atom. The predicted octanol–water partition coefficient (Wildman–Crippen LogP) is 4.20. The van der Waals surface area contributed by atoms with E-state index in [9.17, 15) is 9.59 Å². The number of allylic oxidation sites excluding steroid dienone is 1. The van der Waals surface area contributed by atoms with E-state index in [1.54, 1.807) is 32.1 Å². The molecule has 9 nitrogen and oxygen atoms in total. The second-order valence-corrected chi connectivity index (χ2v) is 9.52. The van der Waals surface area contributed by atoms with Crippen LogP contribution in [0.3, 0.4) is 0 Å². The van der Waals surface area contributed by atoms with Crippen molar-refractivity contribution in [3.8, 4) is 0 Å². The maximum absolute atomic E-state index is 13.2. The number of para-hydroxylation sites is 1. The van der Waals surface area contributed by atoms with E-state index in [2.05, 4.69) is 28.7 Å². The van der Waals surface area contributed by atoms with Crippen molar-refractivity contribution in [3.63, 3.8) is 0 Å². The highest BCUT2D eigenvalue weighted by atomic mass is 16.4. The van der Waals surface area contributed by atoms with Gasteiger partial charge in [0, 0.05) is 65.0 Å². The molecule has 1 aliphatic carbocycles. The first-order valence-electron chi connectivity index (χ1n) is 12.8. The van der Waals surface area contributed by atoms with E-state index >= 15 is 0 Å². The van der Waals surface area contributed by atoms with E-state index in [4.69, 9.17) is 9.40 Å². The van der Waals surface area contributed by atoms with Gasteiger partial charge in [-0.2, -0.15) is 4.98 Å². The number of aromatic nitrogens is 1. The number of benzene rings is 1. The third-order valence-corrected chi connectivity index (χ3v) is 6.83. The average molecular weight is 497 g/mol. The molecule has 2 fully saturated rings. The van der Waals surface area contributed by atoms with Crippen molar-refractivity contribution in [1.82, 2.24) is 20.1 Å². The average Bonchev–Trinajstić information content (AvgIpc) is 3.30. The van der Waals surface area contributed by atoms with Crippen LogP contribution in [0.1, 0.15) is 50.9 Å². The molecule has 2 aliphatic rings. The van der Waals surface area contributed by atoms with Gasteiger partial charge < -0.3 is 24.4 Å². The quantitative estimate of drug-likeness (QED) is 0.687. The fourth-order valence-electron chi connectivity index (χ4n) is 4.85. The minimum absolute atomic E-state index is 0.0000889. The molecule has 196 valence electrons. The lowest BCUT2D eigenvalue weighted by atomic mass is 9.82. The van der Waals surface area contributed by atoms with E-state index in [1.165, 1.54) is 0 Å². The summed E-state index contributed by atoms with van der Waals surface area (Å²) in [6.45, 7) is 14.1. The molecule has 1 saturated carbocycles. The van der Waals surface area contributed by atoms with Crippen molar-refractivity contribution in [2.75, 3.05) is 45.7 Å². The summed E-state index contributed by atoms with van der Waals surface area (Å²) in [5.74, 6) is 0.104. The van der Waals surface area contributed by atoms with Crippen LogP contribution < -0.4 is 10.2 Å². The molecule has 1 saturated heterocycles. The van der Waals surface area contributed by atoms with Crippen molar-refractivity contribution < 1.29 is 14.0 Å². The Labute approximate surface area is 214 Å². The first kappa shape index (κ1) is 27.2. The van der Waals surface area contributed by atoms with Gasteiger partial charge in [-0.05, 0) is 37.0 Å². The normalized spacial score (nSPS) is 23.4. The van der Waals surface area contributed by atoms with E-state index in [0.29, 0.717) is 48.7 Å². The lowest BCUT2D eigenvalue weighted by molar-refractivity contribution is 0.0934. The zero-order chi connectivity index (χ0) is 26.6. The van der Waals surface area contributed by atoms with E-state index in [-0.39, 0.29) is 29.9 Å². The predicted molar refractivity (Wildman–Crippen MR) is 145 cm³/mol. The summed E-state index contributed by atoms with van der Waals surface area (Å²) in [5, 5.41) is 3.16. The number of carbonyl (C=O) groups excluding carboxylic acids is 2. The van der Waals surface area contributed by atoms with Crippen LogP contribution in [0.2, 0.25) is 0 Å². The molecular weight excluding hydrogens is 456 g/mol. The van der Waals surface area contributed by atoms with Crippen molar-refractivity contribution >= 4 is 34.8 Å². The lowest BCUT2D eigenvalue weighted by Crippen LogP contribution is -2.55. The van der Waals surface area contributed by atoms with Crippen LogP contribution in [-0.4, -0.2) is 85.3 Å². The van der Waals surface area contributed by atoms with E-state index in [1.807, 2.05) is 37.8 Å². The fraction of sp³-hybridized carbons (Fsp3) is 0.556. The van der Waals surface area contributed by atoms with Crippen molar-refractivity contribution in [2.45, 2.75) is 52.6 Å². The molecule has 0 radical (unpaired) electrons. The molecule has 4 rings (SSSR count). The molecule has 9 heteroatoms. The molecular formula is C27H40N6O3. The number of hydrogen-bond donors (Lipinski definition) is 1. The highest BCUT2D eigenvalue weighted by molar-refractivity contribution is 6.06. The number of fused-ring (bicyclic) bond motifs is 1. The number of oxazole rings is 1. The number of hydrogen-bond acceptors (Lipinski definition) is 6. The zero-order valence-electron chi connectivity index (χ0n) is 22.7. The summed E-state index contributed by atoms with van der Waals surface area (Å²) in [5.41, 5.74) is 3.63. The Balaban J connectivity index is 0.00000176. The number of aliphatic imine (C=N–C) groups is 1. The van der Waals surface area contributed by atoms with Gasteiger partial charge in [-0.1, -0.05) is 33.4 Å². The van der Waals surface area contributed by atoms with Gasteiger partial charge in [-0.25, -0.2) is 4.79 Å². The van der Waals surface area contributed by atoms with Gasteiger partial charge >= 0.3 is 6.03 Å². The molecule has 3 amide bonds. The zero-order valence-corrected chi connectivity index (χ0v) is 22.7. The maximum Gasteiger partial charge on any atom is 0.319 e. The minimum Gasteiger partial charge on any atom is -0.423 e. The smallest absolute Gasteiger partial charge is 0.319 e. The molecule has 0 spiro atoms. The molecule has 3 atom stereocenters. The molecule has 1 aromatic heterocycles. The van der Waals surface area contributed by atoms with Gasteiger partial charge in [-0.3, -0.25) is 9.79 Å². The van der Waals surface area contributed by atoms with Crippen LogP contribution in [0.15, 0.2) is 39.8 Å². The highest BCUT2D eigenvalue weighted by Crippen LogP contribution is 2.29. The van der Waals surface area contributed by atoms with Crippen LogP contribution in [0, 0.1) is 5.92 Å². The van der Waals surface area contributed by atoms with Crippen LogP contribution >= 0.6 is 0 Å². The Morgan fingerprint density at radius 2 is 1.94 bits per heavy atom. The highest BCUT2D eigenvalue weighted by Gasteiger charge is 2.31. The number of piperazine rings is 1. The maximum atomic E-state index is 13.2. The first-order valence-corrected chi connectivity index (χ1v) is 12.8. The minimum atomic E-state index is -0.167. The summed E-state index contributed by atoms with van der Waals surface area (Å²) >= 11 is 0. The third kappa shape index (κ3) is 5.55. The molecule has 2 aromatic rings. The number of nitrogens with zero attached hydrogens (tertiary/aromatic N) is 5. The van der Waals surface area contributed by atoms with Gasteiger partial charge in [0.2, 0.25) is 0 Å². The number of anilines is 1. The summed E-state index contributed by atoms with van der Waals surface area (Å²) in [6, 6.07) is 5.92. The summed E-state index contributed by atoms with van der Waals surface area (Å²) in [4.78, 5) is 40.1. The van der Waals surface area contributed by atoms with Crippen molar-refractivity contribution in [3.05, 3.63) is 35.9 Å². The Kier molecular flexibility index (Phi) is 8.76. The number of carbonyl (C=O) groups is 2. The Hall–Kier alpha value is -3.36. The number of amides is 3. The summed E-state index contributed by atoms with van der Waals surface area (Å²) < 4.78 is 6.06. The van der Waals surface area contributed by atoms with Gasteiger partial charge in [0.25, 0.3) is 11.9 Å². The van der Waals surface area contributed by atoms with Crippen molar-refractivity contribution in [1.29, 1.82) is 0 Å². The van der Waals surface area contributed by atoms with E-state index in [0.717, 1.165) is 17.7 Å². The molecule has 2 heterocycles. The lowest BCUT2D eigenvalue weighted by Gasteiger charge is -2.39.